The number of nitrogens with two attached hydrogens (primary N) is 1. The second-order valence-electron chi connectivity index (χ2n) is 13.7. The van der Waals surface area contributed by atoms with Gasteiger partial charge in [-0.3, -0.25) is 14.4 Å². The summed E-state index contributed by atoms with van der Waals surface area (Å²) in [7, 11) is 0. The number of unbranched alkanes of at least 4 members (excludes halogenated alkanes) is 4. The molecule has 282 valence electrons. The Hall–Kier alpha value is -3.25. The summed E-state index contributed by atoms with van der Waals surface area (Å²) in [4.78, 5) is 36.9. The lowest BCUT2D eigenvalue weighted by Crippen LogP contribution is -2.27. The summed E-state index contributed by atoms with van der Waals surface area (Å²) in [5.74, 6) is -0.134. The van der Waals surface area contributed by atoms with E-state index < -0.39 is 0 Å². The van der Waals surface area contributed by atoms with E-state index in [1.54, 1.807) is 24.3 Å². The zero-order chi connectivity index (χ0) is 35.3. The lowest BCUT2D eigenvalue weighted by Gasteiger charge is -2.19. The highest BCUT2D eigenvalue weighted by atomic mass is 79.9. The number of nitrogen functional groups attached to an aromatic ring is 1. The van der Waals surface area contributed by atoms with Crippen molar-refractivity contribution in [3.63, 3.8) is 0 Å². The summed E-state index contributed by atoms with van der Waals surface area (Å²) in [5, 5.41) is 15.8. The van der Waals surface area contributed by atoms with E-state index >= 15 is 0 Å². The van der Waals surface area contributed by atoms with E-state index in [4.69, 9.17) is 5.73 Å². The molecule has 0 spiro atoms. The fraction of sp³-hybridized carbons (Fsp3) is 0.475. The normalized spacial score (nSPS) is 10.8. The Morgan fingerprint density at radius 3 is 1.76 bits per heavy atom. The van der Waals surface area contributed by atoms with E-state index in [0.29, 0.717) is 42.9 Å². The van der Waals surface area contributed by atoms with Crippen molar-refractivity contribution in [2.45, 2.75) is 97.1 Å². The maximum Gasteiger partial charge on any atom is 0.255 e. The number of hydrogen-bond acceptors (Lipinski definition) is 6. The lowest BCUT2D eigenvalue weighted by molar-refractivity contribution is -0.122. The molecule has 0 atom stereocenters. The van der Waals surface area contributed by atoms with Crippen molar-refractivity contribution in [3.8, 4) is 0 Å². The van der Waals surface area contributed by atoms with Gasteiger partial charge < -0.3 is 32.3 Å². The Morgan fingerprint density at radius 2 is 1.14 bits per heavy atom. The van der Waals surface area contributed by atoms with Gasteiger partial charge in [0.05, 0.1) is 11.4 Å². The molecule has 0 heterocycles. The van der Waals surface area contributed by atoms with Crippen molar-refractivity contribution in [2.75, 3.05) is 37.2 Å². The Bertz CT molecular complexity index is 1430. The van der Waals surface area contributed by atoms with Crippen LogP contribution >= 0.6 is 34.0 Å². The quantitative estimate of drug-likeness (QED) is 0.0456. The van der Waals surface area contributed by atoms with Crippen molar-refractivity contribution in [1.82, 2.24) is 21.3 Å². The molecular weight excluding hydrogens is 772 g/mol. The minimum Gasteiger partial charge on any atom is -0.397 e. The number of carbonyl (C=O) groups is 3. The summed E-state index contributed by atoms with van der Waals surface area (Å²) in [6, 6.07) is 23.2. The fourth-order valence-corrected chi connectivity index (χ4v) is 5.30. The zero-order valence-corrected chi connectivity index (χ0v) is 34.1. The van der Waals surface area contributed by atoms with E-state index in [9.17, 15) is 14.4 Å². The van der Waals surface area contributed by atoms with E-state index in [2.05, 4.69) is 71.6 Å². The number of anilines is 2. The number of nitrogens with one attached hydrogen (secondary N) is 5. The molecule has 7 N–H and O–H groups in total. The minimum absolute atomic E-state index is 0. The van der Waals surface area contributed by atoms with Gasteiger partial charge in [-0.25, -0.2) is 0 Å². The van der Waals surface area contributed by atoms with Gasteiger partial charge >= 0.3 is 0 Å². The van der Waals surface area contributed by atoms with Crippen molar-refractivity contribution in [3.05, 3.63) is 95.1 Å². The van der Waals surface area contributed by atoms with Crippen LogP contribution in [-0.4, -0.2) is 43.9 Å². The van der Waals surface area contributed by atoms with Crippen LogP contribution in [-0.2, 0) is 28.1 Å². The number of rotatable bonds is 22. The maximum absolute atomic E-state index is 12.5. The number of carbonyl (C=O) groups excluding carboxylic acids is 3. The Morgan fingerprint density at radius 1 is 0.588 bits per heavy atom. The van der Waals surface area contributed by atoms with Gasteiger partial charge in [0.2, 0.25) is 11.8 Å². The summed E-state index contributed by atoms with van der Waals surface area (Å²) in [6.07, 6.45) is 7.65. The maximum atomic E-state index is 12.5. The van der Waals surface area contributed by atoms with Gasteiger partial charge in [0.15, 0.2) is 0 Å². The molecule has 0 unspecified atom stereocenters. The number of hydrogen-bond donors (Lipinski definition) is 6. The average Bonchev–Trinajstić information content (AvgIpc) is 3.08. The standard InChI is InChI=1S/C40H58N6O3.2BrH/c1-40(2,3)34-23-19-31(20-24-34)29-43-26-11-10-25-42-27-12-28-44-37(47)15-6-4-5-7-16-38(48)45-30-32-17-21-33(22-18-32)39(49)46-36-14-9-8-13-35(36)41;;/h8-9,13-14,17-24,42-43H,4-7,10-12,15-16,25-30,41H2,1-3H3,(H,44,47)(H,45,48)(H,46,49);2*1H. The third-order valence-electron chi connectivity index (χ3n) is 8.43. The van der Waals surface area contributed by atoms with Gasteiger partial charge in [0, 0.05) is 38.0 Å². The molecule has 0 fully saturated rings. The number of para-hydroxylation sites is 2. The monoisotopic (exact) mass is 830 g/mol. The first-order chi connectivity index (χ1) is 23.6. The first kappa shape index (κ1) is 45.8. The van der Waals surface area contributed by atoms with Crippen molar-refractivity contribution >= 4 is 63.1 Å². The zero-order valence-electron chi connectivity index (χ0n) is 30.7. The van der Waals surface area contributed by atoms with Crippen LogP contribution in [0.1, 0.15) is 106 Å². The topological polar surface area (TPSA) is 137 Å². The SMILES string of the molecule is Br.Br.CC(C)(C)c1ccc(CNCCCCNCCCNC(=O)CCCCCCC(=O)NCc2ccc(C(=O)Nc3ccccc3N)cc2)cc1. The molecular formula is C40H60Br2N6O3. The molecule has 3 amide bonds. The third kappa shape index (κ3) is 19.2. The van der Waals surface area contributed by atoms with E-state index in [0.717, 1.165) is 76.7 Å². The van der Waals surface area contributed by atoms with E-state index in [1.807, 2.05) is 24.3 Å². The first-order valence-electron chi connectivity index (χ1n) is 17.9. The average molecular weight is 833 g/mol. The molecule has 0 aromatic heterocycles. The van der Waals surface area contributed by atoms with Gasteiger partial charge in [-0.2, -0.15) is 0 Å². The second-order valence-corrected chi connectivity index (χ2v) is 13.7. The van der Waals surface area contributed by atoms with Crippen LogP contribution in [0.3, 0.4) is 0 Å². The van der Waals surface area contributed by atoms with Crippen LogP contribution in [0.4, 0.5) is 11.4 Å². The molecule has 0 radical (unpaired) electrons. The predicted octanol–water partition coefficient (Wildman–Crippen LogP) is 7.60. The Kier molecular flexibility index (Phi) is 23.0. The molecule has 0 aliphatic rings. The van der Waals surface area contributed by atoms with Crippen LogP contribution in [0.15, 0.2) is 72.8 Å². The predicted molar refractivity (Wildman–Crippen MR) is 222 cm³/mol. The van der Waals surface area contributed by atoms with Gasteiger partial charge in [-0.1, -0.05) is 82.1 Å². The molecule has 11 heteroatoms. The number of amides is 3. The van der Waals surface area contributed by atoms with Gasteiger partial charge in [0.1, 0.15) is 0 Å². The summed E-state index contributed by atoms with van der Waals surface area (Å²) in [6.45, 7) is 11.6. The summed E-state index contributed by atoms with van der Waals surface area (Å²) >= 11 is 0. The number of halogens is 2. The van der Waals surface area contributed by atoms with Crippen molar-refractivity contribution < 1.29 is 14.4 Å². The van der Waals surface area contributed by atoms with Gasteiger partial charge in [0.25, 0.3) is 5.91 Å². The lowest BCUT2D eigenvalue weighted by atomic mass is 9.87. The molecule has 0 bridgehead atoms. The Balaban J connectivity index is 0.00000650. The van der Waals surface area contributed by atoms with E-state index in [1.165, 1.54) is 11.1 Å². The summed E-state index contributed by atoms with van der Waals surface area (Å²) < 4.78 is 0. The molecule has 0 aliphatic heterocycles. The van der Waals surface area contributed by atoms with Crippen LogP contribution in [0.2, 0.25) is 0 Å². The summed E-state index contributed by atoms with van der Waals surface area (Å²) in [5.41, 5.74) is 11.3. The first-order valence-corrected chi connectivity index (χ1v) is 17.9. The van der Waals surface area contributed by atoms with Crippen LogP contribution in [0, 0.1) is 0 Å². The van der Waals surface area contributed by atoms with Gasteiger partial charge in [-0.05, 0) is 98.1 Å². The molecule has 51 heavy (non-hydrogen) atoms. The third-order valence-corrected chi connectivity index (χ3v) is 8.43. The smallest absolute Gasteiger partial charge is 0.255 e. The molecule has 0 saturated heterocycles. The molecule has 3 aromatic rings. The Labute approximate surface area is 326 Å². The molecule has 3 aromatic carbocycles. The fourth-order valence-electron chi connectivity index (χ4n) is 5.30. The van der Waals surface area contributed by atoms with Gasteiger partial charge in [-0.15, -0.1) is 34.0 Å². The minimum atomic E-state index is -0.238. The van der Waals surface area contributed by atoms with Crippen molar-refractivity contribution in [2.24, 2.45) is 0 Å². The second kappa shape index (κ2) is 25.7. The molecule has 0 aliphatic carbocycles. The molecule has 9 nitrogen and oxygen atoms in total. The van der Waals surface area contributed by atoms with E-state index in [-0.39, 0.29) is 57.1 Å². The van der Waals surface area contributed by atoms with Crippen LogP contribution in [0.25, 0.3) is 0 Å². The number of benzene rings is 3. The van der Waals surface area contributed by atoms with Crippen LogP contribution < -0.4 is 32.3 Å². The molecule has 3 rings (SSSR count). The highest BCUT2D eigenvalue weighted by Gasteiger charge is 2.13. The molecule has 0 saturated carbocycles. The highest BCUT2D eigenvalue weighted by molar-refractivity contribution is 8.93. The highest BCUT2D eigenvalue weighted by Crippen LogP contribution is 2.22. The van der Waals surface area contributed by atoms with Crippen molar-refractivity contribution in [1.29, 1.82) is 0 Å². The largest absolute Gasteiger partial charge is 0.397 e. The van der Waals surface area contributed by atoms with Crippen LogP contribution in [0.5, 0.6) is 0 Å².